The van der Waals surface area contributed by atoms with Gasteiger partial charge in [0.15, 0.2) is 5.78 Å². The monoisotopic (exact) mass is 327 g/mol. The molecule has 0 radical (unpaired) electrons. The molecule has 120 valence electrons. The Morgan fingerprint density at radius 3 is 2.26 bits per heavy atom. The Kier molecular flexibility index (Phi) is 5.99. The fraction of sp³-hybridized carbons (Fsp3) is 0.263. The minimum absolute atomic E-state index is 0.0567. The number of benzene rings is 2. The summed E-state index contributed by atoms with van der Waals surface area (Å²) in [6.45, 7) is 6.02. The summed E-state index contributed by atoms with van der Waals surface area (Å²) in [7, 11) is 0. The van der Waals surface area contributed by atoms with Crippen LogP contribution in [0.15, 0.2) is 42.5 Å². The molecule has 0 atom stereocenters. The molecule has 0 aliphatic rings. The maximum Gasteiger partial charge on any atom is 0.234 e. The second kappa shape index (κ2) is 7.97. The summed E-state index contributed by atoms with van der Waals surface area (Å²) in [5.41, 5.74) is 4.92. The Labute approximate surface area is 141 Å². The first-order valence-corrected chi connectivity index (χ1v) is 8.66. The summed E-state index contributed by atoms with van der Waals surface area (Å²) < 4.78 is 0. The molecule has 0 unspecified atom stereocenters. The predicted molar refractivity (Wildman–Crippen MR) is 97.4 cm³/mol. The van der Waals surface area contributed by atoms with Crippen molar-refractivity contribution in [3.8, 4) is 0 Å². The van der Waals surface area contributed by atoms with Gasteiger partial charge in [-0.2, -0.15) is 0 Å². The number of carbonyl (C=O) groups excluding carboxylic acids is 2. The third-order valence-corrected chi connectivity index (χ3v) is 4.56. The maximum atomic E-state index is 12.1. The van der Waals surface area contributed by atoms with Gasteiger partial charge < -0.3 is 5.32 Å². The first kappa shape index (κ1) is 17.3. The number of carbonyl (C=O) groups is 2. The molecule has 2 aromatic rings. The van der Waals surface area contributed by atoms with E-state index in [9.17, 15) is 9.59 Å². The number of thioether (sulfide) groups is 1. The summed E-state index contributed by atoms with van der Waals surface area (Å²) in [6, 6.07) is 13.4. The zero-order valence-corrected chi connectivity index (χ0v) is 14.5. The van der Waals surface area contributed by atoms with Gasteiger partial charge in [0.1, 0.15) is 0 Å². The van der Waals surface area contributed by atoms with Crippen LogP contribution in [0.25, 0.3) is 0 Å². The SMILES string of the molecule is Cc1ccc(NC(=O)CSCC(=O)c2ccc(C)c(C)c2)cc1. The van der Waals surface area contributed by atoms with Gasteiger partial charge in [0.25, 0.3) is 0 Å². The lowest BCUT2D eigenvalue weighted by Crippen LogP contribution is -2.15. The fourth-order valence-corrected chi connectivity index (χ4v) is 2.78. The molecule has 0 fully saturated rings. The molecule has 2 aromatic carbocycles. The average molecular weight is 327 g/mol. The zero-order chi connectivity index (χ0) is 16.8. The van der Waals surface area contributed by atoms with Crippen LogP contribution >= 0.6 is 11.8 Å². The standard InChI is InChI=1S/C19H21NO2S/c1-13-4-8-17(9-5-13)20-19(22)12-23-11-18(21)16-7-6-14(2)15(3)10-16/h4-10H,11-12H2,1-3H3,(H,20,22). The van der Waals surface area contributed by atoms with E-state index in [1.54, 1.807) is 0 Å². The highest BCUT2D eigenvalue weighted by Gasteiger charge is 2.09. The van der Waals surface area contributed by atoms with E-state index >= 15 is 0 Å². The molecule has 0 spiro atoms. The molecule has 0 saturated heterocycles. The molecule has 0 saturated carbocycles. The van der Waals surface area contributed by atoms with Crippen molar-refractivity contribution in [1.29, 1.82) is 0 Å². The molecule has 3 nitrogen and oxygen atoms in total. The summed E-state index contributed by atoms with van der Waals surface area (Å²) in [5.74, 6) is 0.543. The van der Waals surface area contributed by atoms with Crippen LogP contribution in [0.3, 0.4) is 0 Å². The van der Waals surface area contributed by atoms with Crippen molar-refractivity contribution in [2.45, 2.75) is 20.8 Å². The lowest BCUT2D eigenvalue weighted by molar-refractivity contribution is -0.113. The van der Waals surface area contributed by atoms with E-state index in [0.29, 0.717) is 11.3 Å². The van der Waals surface area contributed by atoms with Crippen LogP contribution in [0, 0.1) is 20.8 Å². The van der Waals surface area contributed by atoms with Crippen LogP contribution in [-0.4, -0.2) is 23.2 Å². The average Bonchev–Trinajstić information content (AvgIpc) is 2.52. The Morgan fingerprint density at radius 1 is 0.913 bits per heavy atom. The van der Waals surface area contributed by atoms with E-state index in [1.165, 1.54) is 17.3 Å². The number of hydrogen-bond acceptors (Lipinski definition) is 3. The minimum Gasteiger partial charge on any atom is -0.325 e. The summed E-state index contributed by atoms with van der Waals surface area (Å²) in [6.07, 6.45) is 0. The van der Waals surface area contributed by atoms with E-state index in [4.69, 9.17) is 0 Å². The number of nitrogens with one attached hydrogen (secondary N) is 1. The van der Waals surface area contributed by atoms with Gasteiger partial charge in [0.05, 0.1) is 11.5 Å². The number of hydrogen-bond donors (Lipinski definition) is 1. The highest BCUT2D eigenvalue weighted by atomic mass is 32.2. The number of ketones is 1. The van der Waals surface area contributed by atoms with Crippen molar-refractivity contribution >= 4 is 29.1 Å². The highest BCUT2D eigenvalue weighted by molar-refractivity contribution is 8.00. The van der Waals surface area contributed by atoms with E-state index in [1.807, 2.05) is 63.2 Å². The van der Waals surface area contributed by atoms with Gasteiger partial charge in [-0.15, -0.1) is 11.8 Å². The van der Waals surface area contributed by atoms with Crippen molar-refractivity contribution in [3.63, 3.8) is 0 Å². The lowest BCUT2D eigenvalue weighted by Gasteiger charge is -2.06. The third kappa shape index (κ3) is 5.25. The number of amides is 1. The molecule has 1 N–H and O–H groups in total. The topological polar surface area (TPSA) is 46.2 Å². The van der Waals surface area contributed by atoms with E-state index < -0.39 is 0 Å². The molecule has 0 aliphatic heterocycles. The maximum absolute atomic E-state index is 12.1. The number of rotatable bonds is 6. The van der Waals surface area contributed by atoms with Crippen molar-refractivity contribution < 1.29 is 9.59 Å². The van der Waals surface area contributed by atoms with Crippen LogP contribution in [-0.2, 0) is 4.79 Å². The Morgan fingerprint density at radius 2 is 1.61 bits per heavy atom. The van der Waals surface area contributed by atoms with Crippen molar-refractivity contribution in [1.82, 2.24) is 0 Å². The quantitative estimate of drug-likeness (QED) is 0.810. The van der Waals surface area contributed by atoms with Crippen LogP contribution in [0.1, 0.15) is 27.0 Å². The van der Waals surface area contributed by atoms with E-state index in [0.717, 1.165) is 16.8 Å². The Balaban J connectivity index is 1.79. The van der Waals surface area contributed by atoms with Crippen molar-refractivity contribution in [3.05, 3.63) is 64.7 Å². The van der Waals surface area contributed by atoms with Gasteiger partial charge in [-0.3, -0.25) is 9.59 Å². The molecule has 0 aromatic heterocycles. The summed E-state index contributed by atoms with van der Waals surface area (Å²) >= 11 is 1.34. The number of aryl methyl sites for hydroxylation is 3. The zero-order valence-electron chi connectivity index (χ0n) is 13.7. The van der Waals surface area contributed by atoms with Crippen LogP contribution in [0.5, 0.6) is 0 Å². The molecular formula is C19H21NO2S. The molecule has 4 heteroatoms. The highest BCUT2D eigenvalue weighted by Crippen LogP contribution is 2.14. The Bertz CT molecular complexity index is 708. The lowest BCUT2D eigenvalue weighted by atomic mass is 10.0. The van der Waals surface area contributed by atoms with Gasteiger partial charge in [0.2, 0.25) is 5.91 Å². The van der Waals surface area contributed by atoms with Crippen LogP contribution in [0.4, 0.5) is 5.69 Å². The van der Waals surface area contributed by atoms with Gasteiger partial charge >= 0.3 is 0 Å². The number of anilines is 1. The van der Waals surface area contributed by atoms with Crippen LogP contribution < -0.4 is 5.32 Å². The fourth-order valence-electron chi connectivity index (χ4n) is 2.07. The van der Waals surface area contributed by atoms with Crippen molar-refractivity contribution in [2.75, 3.05) is 16.8 Å². The molecule has 0 bridgehead atoms. The second-order valence-corrected chi connectivity index (χ2v) is 6.61. The minimum atomic E-state index is -0.0910. The molecule has 1 amide bonds. The first-order chi connectivity index (χ1) is 11.0. The predicted octanol–water partition coefficient (Wildman–Crippen LogP) is 4.17. The third-order valence-electron chi connectivity index (χ3n) is 3.63. The van der Waals surface area contributed by atoms with Crippen molar-refractivity contribution in [2.24, 2.45) is 0 Å². The molecule has 23 heavy (non-hydrogen) atoms. The summed E-state index contributed by atoms with van der Waals surface area (Å²) in [5, 5.41) is 2.83. The van der Waals surface area contributed by atoms with Gasteiger partial charge in [-0.1, -0.05) is 29.8 Å². The number of Topliss-reactive ketones (excluding diaryl/α,β-unsaturated/α-hetero) is 1. The van der Waals surface area contributed by atoms with Gasteiger partial charge in [-0.05, 0) is 50.1 Å². The van der Waals surface area contributed by atoms with Crippen LogP contribution in [0.2, 0.25) is 0 Å². The second-order valence-electron chi connectivity index (χ2n) is 5.63. The molecule has 0 aliphatic carbocycles. The Hall–Kier alpha value is -2.07. The summed E-state index contributed by atoms with van der Waals surface area (Å²) in [4.78, 5) is 24.0. The van der Waals surface area contributed by atoms with Gasteiger partial charge in [0, 0.05) is 11.3 Å². The van der Waals surface area contributed by atoms with E-state index in [2.05, 4.69) is 5.32 Å². The first-order valence-electron chi connectivity index (χ1n) is 7.50. The largest absolute Gasteiger partial charge is 0.325 e. The molecular weight excluding hydrogens is 306 g/mol. The van der Waals surface area contributed by atoms with E-state index in [-0.39, 0.29) is 17.4 Å². The van der Waals surface area contributed by atoms with Gasteiger partial charge in [-0.25, -0.2) is 0 Å². The smallest absolute Gasteiger partial charge is 0.234 e. The normalized spacial score (nSPS) is 10.4. The molecule has 0 heterocycles. The molecule has 2 rings (SSSR count).